The fraction of sp³-hybridized carbons (Fsp3) is 0.294. The van der Waals surface area contributed by atoms with Crippen molar-refractivity contribution in [3.05, 3.63) is 33.7 Å². The Bertz CT molecular complexity index is 1120. The average Bonchev–Trinajstić information content (AvgIpc) is 3.22. The van der Waals surface area contributed by atoms with Crippen molar-refractivity contribution in [1.29, 1.82) is 0 Å². The third-order valence-corrected chi connectivity index (χ3v) is 7.28. The summed E-state index contributed by atoms with van der Waals surface area (Å²) >= 11 is 2.92. The molecule has 2 aliphatic heterocycles. The second kappa shape index (κ2) is 10.1. The first kappa shape index (κ1) is 25.6. The maximum atomic E-state index is 12.8. The molecule has 1 aromatic rings. The Balaban J connectivity index is 1.75. The third-order valence-electron chi connectivity index (χ3n) is 4.27. The van der Waals surface area contributed by atoms with Gasteiger partial charge in [-0.2, -0.15) is 13.2 Å². The van der Waals surface area contributed by atoms with Gasteiger partial charge in [0.15, 0.2) is 10.8 Å². The molecule has 2 atom stereocenters. The summed E-state index contributed by atoms with van der Waals surface area (Å²) in [6, 6.07) is -1.09. The number of carbonyl (C=O) groups excluding carboxylic acids is 3. The summed E-state index contributed by atoms with van der Waals surface area (Å²) in [5.74, 6) is -4.88. The Morgan fingerprint density at radius 3 is 2.74 bits per heavy atom. The molecule has 0 bridgehead atoms. The van der Waals surface area contributed by atoms with Crippen LogP contribution in [0.25, 0.3) is 0 Å². The van der Waals surface area contributed by atoms with E-state index in [-0.39, 0.29) is 17.1 Å². The third kappa shape index (κ3) is 5.05. The zero-order chi connectivity index (χ0) is 25.2. The second-order valence-electron chi connectivity index (χ2n) is 6.33. The summed E-state index contributed by atoms with van der Waals surface area (Å²) < 4.78 is 37.3. The van der Waals surface area contributed by atoms with Crippen LogP contribution in [0.1, 0.15) is 5.69 Å². The lowest BCUT2D eigenvalue weighted by Crippen LogP contribution is -2.71. The highest BCUT2D eigenvalue weighted by Crippen LogP contribution is 2.43. The molecule has 0 radical (unpaired) electrons. The standard InChI is InChI=1S/C17H14F3N5O6S3/c1-3-32-7-5-33-13-9(12(27)25(13)10(7)14(28)29)22-11(26)8(24-31-2)6-4-34-16(21-6)23-15(30)17(18,19)20/h3-4,9,13H,1,5H2,2H3,(H,22,26)(H,28,29)(H,21,23,30)/b24-8+/t9?,13-/m1/s1. The Morgan fingerprint density at radius 2 is 2.15 bits per heavy atom. The number of oxime groups is 1. The summed E-state index contributed by atoms with van der Waals surface area (Å²) in [7, 11) is 1.11. The van der Waals surface area contributed by atoms with Crippen LogP contribution in [0, 0.1) is 0 Å². The van der Waals surface area contributed by atoms with Crippen LogP contribution >= 0.6 is 34.9 Å². The fourth-order valence-corrected chi connectivity index (χ4v) is 5.75. The molecule has 1 saturated heterocycles. The number of β-lactam (4-membered cyclic amide) rings is 1. The summed E-state index contributed by atoms with van der Waals surface area (Å²) in [6.07, 6.45) is -5.13. The molecule has 3 N–H and O–H groups in total. The number of carboxylic acids is 1. The van der Waals surface area contributed by atoms with Gasteiger partial charge in [0.05, 0.1) is 0 Å². The number of fused-ring (bicyclic) bond motifs is 1. The maximum Gasteiger partial charge on any atom is 0.471 e. The van der Waals surface area contributed by atoms with Crippen LogP contribution in [-0.4, -0.2) is 74.8 Å². The van der Waals surface area contributed by atoms with Gasteiger partial charge in [-0.05, 0) is 5.41 Å². The molecule has 3 rings (SSSR count). The molecular formula is C17H14F3N5O6S3. The van der Waals surface area contributed by atoms with Crippen molar-refractivity contribution in [2.24, 2.45) is 5.16 Å². The SMILES string of the molecule is C=CSC1=C(C(=O)O)N2C(=O)C(NC(=O)/C(=N/OC)c3csc(NC(=O)C(F)(F)F)n3)[C@H]2SC1. The number of thioether (sulfide) groups is 2. The van der Waals surface area contributed by atoms with E-state index < -0.39 is 52.1 Å². The number of anilines is 1. The predicted molar refractivity (Wildman–Crippen MR) is 118 cm³/mol. The van der Waals surface area contributed by atoms with E-state index >= 15 is 0 Å². The van der Waals surface area contributed by atoms with Gasteiger partial charge in [0.1, 0.15) is 29.9 Å². The van der Waals surface area contributed by atoms with Crippen molar-refractivity contribution in [2.45, 2.75) is 17.6 Å². The zero-order valence-corrected chi connectivity index (χ0v) is 19.4. The zero-order valence-electron chi connectivity index (χ0n) is 16.9. The molecular weight excluding hydrogens is 523 g/mol. The van der Waals surface area contributed by atoms with Gasteiger partial charge in [0.2, 0.25) is 0 Å². The molecule has 2 aliphatic rings. The Morgan fingerprint density at radius 1 is 1.44 bits per heavy atom. The number of alkyl halides is 3. The number of rotatable bonds is 8. The minimum absolute atomic E-state index is 0.195. The molecule has 182 valence electrons. The van der Waals surface area contributed by atoms with Gasteiger partial charge >= 0.3 is 18.1 Å². The number of nitrogens with one attached hydrogen (secondary N) is 2. The van der Waals surface area contributed by atoms with Crippen LogP contribution in [0.5, 0.6) is 0 Å². The van der Waals surface area contributed by atoms with Gasteiger partial charge in [0.25, 0.3) is 11.8 Å². The summed E-state index contributed by atoms with van der Waals surface area (Å²) in [4.78, 5) is 58.0. The van der Waals surface area contributed by atoms with Gasteiger partial charge in [-0.1, -0.05) is 23.5 Å². The van der Waals surface area contributed by atoms with Crippen molar-refractivity contribution in [1.82, 2.24) is 15.2 Å². The molecule has 0 spiro atoms. The van der Waals surface area contributed by atoms with E-state index in [0.717, 1.165) is 29.2 Å². The van der Waals surface area contributed by atoms with Gasteiger partial charge in [-0.3, -0.25) is 24.6 Å². The van der Waals surface area contributed by atoms with E-state index in [1.165, 1.54) is 17.2 Å². The first-order chi connectivity index (χ1) is 16.0. The highest BCUT2D eigenvalue weighted by Gasteiger charge is 2.54. The fourth-order valence-electron chi connectivity index (χ4n) is 2.90. The molecule has 1 aromatic heterocycles. The minimum Gasteiger partial charge on any atom is -0.477 e. The molecule has 0 saturated carbocycles. The smallest absolute Gasteiger partial charge is 0.471 e. The molecule has 34 heavy (non-hydrogen) atoms. The quantitative estimate of drug-likeness (QED) is 0.255. The van der Waals surface area contributed by atoms with Gasteiger partial charge in [-0.25, -0.2) is 9.78 Å². The first-order valence-corrected chi connectivity index (χ1v) is 11.7. The van der Waals surface area contributed by atoms with Crippen LogP contribution in [0.15, 0.2) is 33.1 Å². The molecule has 0 aromatic carbocycles. The molecule has 1 fully saturated rings. The number of hydrogen-bond acceptors (Lipinski definition) is 10. The molecule has 17 heteroatoms. The van der Waals surface area contributed by atoms with Crippen LogP contribution in [0.2, 0.25) is 0 Å². The van der Waals surface area contributed by atoms with E-state index in [9.17, 15) is 37.5 Å². The van der Waals surface area contributed by atoms with Crippen LogP contribution in [0.3, 0.4) is 0 Å². The Kier molecular flexibility index (Phi) is 7.57. The second-order valence-corrected chi connectivity index (χ2v) is 9.36. The number of thiazole rings is 1. The van der Waals surface area contributed by atoms with Crippen molar-refractivity contribution in [3.8, 4) is 0 Å². The van der Waals surface area contributed by atoms with Crippen molar-refractivity contribution in [2.75, 3.05) is 18.2 Å². The maximum absolute atomic E-state index is 12.8. The van der Waals surface area contributed by atoms with Crippen LogP contribution in [-0.2, 0) is 24.0 Å². The number of nitrogens with zero attached hydrogens (tertiary/aromatic N) is 3. The van der Waals surface area contributed by atoms with E-state index in [0.29, 0.717) is 16.2 Å². The minimum atomic E-state index is -5.13. The summed E-state index contributed by atoms with van der Waals surface area (Å²) in [5.41, 5.74) is -0.868. The van der Waals surface area contributed by atoms with E-state index in [4.69, 9.17) is 0 Å². The van der Waals surface area contributed by atoms with Gasteiger partial charge in [0, 0.05) is 16.0 Å². The molecule has 3 amide bonds. The number of aliphatic carboxylic acids is 1. The van der Waals surface area contributed by atoms with E-state index in [1.54, 1.807) is 5.32 Å². The van der Waals surface area contributed by atoms with E-state index in [2.05, 4.69) is 26.9 Å². The van der Waals surface area contributed by atoms with Crippen molar-refractivity contribution in [3.63, 3.8) is 0 Å². The van der Waals surface area contributed by atoms with Crippen LogP contribution < -0.4 is 10.6 Å². The predicted octanol–water partition coefficient (Wildman–Crippen LogP) is 1.57. The Labute approximate surface area is 201 Å². The lowest BCUT2D eigenvalue weighted by molar-refractivity contribution is -0.167. The number of carbonyl (C=O) groups is 4. The summed E-state index contributed by atoms with van der Waals surface area (Å²) in [5, 5.41) is 18.5. The van der Waals surface area contributed by atoms with Gasteiger partial charge in [-0.15, -0.1) is 23.1 Å². The van der Waals surface area contributed by atoms with Crippen molar-refractivity contribution >= 4 is 69.4 Å². The average molecular weight is 538 g/mol. The normalized spacial score (nSPS) is 20.3. The van der Waals surface area contributed by atoms with Crippen LogP contribution in [0.4, 0.5) is 18.3 Å². The van der Waals surface area contributed by atoms with Crippen molar-refractivity contribution < 1.29 is 42.3 Å². The topological polar surface area (TPSA) is 150 Å². The number of amides is 3. The first-order valence-electron chi connectivity index (χ1n) is 8.94. The lowest BCUT2D eigenvalue weighted by Gasteiger charge is -2.49. The number of halogens is 3. The molecule has 3 heterocycles. The Hall–Kier alpha value is -3.05. The number of hydrogen-bond donors (Lipinski definition) is 3. The van der Waals surface area contributed by atoms with Gasteiger partial charge < -0.3 is 15.3 Å². The molecule has 1 unspecified atom stereocenters. The number of carboxylic acid groups (broad SMARTS) is 1. The summed E-state index contributed by atoms with van der Waals surface area (Å²) in [6.45, 7) is 3.54. The number of aromatic nitrogens is 1. The monoisotopic (exact) mass is 537 g/mol. The lowest BCUT2D eigenvalue weighted by atomic mass is 10.0. The molecule has 0 aliphatic carbocycles. The van der Waals surface area contributed by atoms with E-state index in [1.807, 2.05) is 0 Å². The largest absolute Gasteiger partial charge is 0.477 e. The highest BCUT2D eigenvalue weighted by atomic mass is 32.2. The highest BCUT2D eigenvalue weighted by molar-refractivity contribution is 8.08. The molecule has 11 nitrogen and oxygen atoms in total.